The van der Waals surface area contributed by atoms with Crippen LogP contribution in [0.4, 0.5) is 4.39 Å². The summed E-state index contributed by atoms with van der Waals surface area (Å²) in [5.41, 5.74) is 6.87. The van der Waals surface area contributed by atoms with Crippen molar-refractivity contribution in [1.29, 1.82) is 0 Å². The quantitative estimate of drug-likeness (QED) is 0.825. The first-order valence-electron chi connectivity index (χ1n) is 5.33. The molecule has 1 saturated carbocycles. The standard InChI is InChI=1S/C12H15ClFN/c13-11-7-9(14)3-4-10(11)12(8-15)5-1-2-6-12/h3-4,7H,1-2,5-6,8,15H2. The van der Waals surface area contributed by atoms with E-state index in [0.717, 1.165) is 18.4 Å². The third-order valence-corrected chi connectivity index (χ3v) is 3.77. The molecule has 0 aromatic heterocycles. The van der Waals surface area contributed by atoms with Gasteiger partial charge in [-0.3, -0.25) is 0 Å². The van der Waals surface area contributed by atoms with Crippen LogP contribution in [0.5, 0.6) is 0 Å². The normalized spacial score (nSPS) is 19.4. The lowest BCUT2D eigenvalue weighted by Gasteiger charge is -2.28. The van der Waals surface area contributed by atoms with Crippen LogP contribution in [0.15, 0.2) is 18.2 Å². The molecule has 0 saturated heterocycles. The van der Waals surface area contributed by atoms with E-state index in [0.29, 0.717) is 11.6 Å². The highest BCUT2D eigenvalue weighted by Crippen LogP contribution is 2.43. The Hall–Kier alpha value is -0.600. The molecule has 0 spiro atoms. The highest BCUT2D eigenvalue weighted by atomic mass is 35.5. The Morgan fingerprint density at radius 1 is 1.33 bits per heavy atom. The van der Waals surface area contributed by atoms with E-state index in [1.807, 2.05) is 0 Å². The van der Waals surface area contributed by atoms with E-state index >= 15 is 0 Å². The minimum atomic E-state index is -0.283. The molecule has 3 heteroatoms. The number of hydrogen-bond acceptors (Lipinski definition) is 1. The van der Waals surface area contributed by atoms with Crippen molar-refractivity contribution in [3.8, 4) is 0 Å². The fourth-order valence-electron chi connectivity index (χ4n) is 2.55. The lowest BCUT2D eigenvalue weighted by Crippen LogP contribution is -2.32. The smallest absolute Gasteiger partial charge is 0.124 e. The zero-order chi connectivity index (χ0) is 10.9. The van der Waals surface area contributed by atoms with Gasteiger partial charge in [0.1, 0.15) is 5.82 Å². The molecule has 1 aromatic carbocycles. The molecule has 0 radical (unpaired) electrons. The lowest BCUT2D eigenvalue weighted by atomic mass is 9.79. The van der Waals surface area contributed by atoms with Gasteiger partial charge in [0.15, 0.2) is 0 Å². The lowest BCUT2D eigenvalue weighted by molar-refractivity contribution is 0.452. The summed E-state index contributed by atoms with van der Waals surface area (Å²) >= 11 is 6.08. The Balaban J connectivity index is 2.42. The molecule has 0 unspecified atom stereocenters. The predicted octanol–water partition coefficient (Wildman–Crippen LogP) is 3.25. The van der Waals surface area contributed by atoms with Gasteiger partial charge < -0.3 is 5.73 Å². The Morgan fingerprint density at radius 3 is 2.53 bits per heavy atom. The van der Waals surface area contributed by atoms with E-state index < -0.39 is 0 Å². The summed E-state index contributed by atoms with van der Waals surface area (Å²) in [5, 5.41) is 0.516. The fourth-order valence-corrected chi connectivity index (χ4v) is 2.92. The molecule has 0 aliphatic heterocycles. The van der Waals surface area contributed by atoms with Gasteiger partial charge >= 0.3 is 0 Å². The van der Waals surface area contributed by atoms with E-state index in [-0.39, 0.29) is 11.2 Å². The van der Waals surface area contributed by atoms with Crippen molar-refractivity contribution in [2.24, 2.45) is 5.73 Å². The number of halogens is 2. The molecule has 0 amide bonds. The third kappa shape index (κ3) is 1.88. The van der Waals surface area contributed by atoms with E-state index in [2.05, 4.69) is 0 Å². The summed E-state index contributed by atoms with van der Waals surface area (Å²) in [5.74, 6) is -0.283. The topological polar surface area (TPSA) is 26.0 Å². The first-order valence-corrected chi connectivity index (χ1v) is 5.71. The van der Waals surface area contributed by atoms with Gasteiger partial charge in [-0.25, -0.2) is 4.39 Å². The van der Waals surface area contributed by atoms with Crippen molar-refractivity contribution in [2.75, 3.05) is 6.54 Å². The zero-order valence-corrected chi connectivity index (χ0v) is 9.36. The number of rotatable bonds is 2. The Labute approximate surface area is 94.4 Å². The third-order valence-electron chi connectivity index (χ3n) is 3.45. The van der Waals surface area contributed by atoms with Crippen molar-refractivity contribution in [2.45, 2.75) is 31.1 Å². The van der Waals surface area contributed by atoms with Crippen LogP contribution in [-0.2, 0) is 5.41 Å². The minimum absolute atomic E-state index is 0.00914. The van der Waals surface area contributed by atoms with Crippen LogP contribution in [0.2, 0.25) is 5.02 Å². The molecule has 2 N–H and O–H groups in total. The molecule has 0 heterocycles. The Kier molecular flexibility index (Phi) is 2.98. The van der Waals surface area contributed by atoms with Gasteiger partial charge in [-0.15, -0.1) is 0 Å². The molecule has 1 fully saturated rings. The molecule has 1 aromatic rings. The van der Waals surface area contributed by atoms with Gasteiger partial charge in [-0.1, -0.05) is 30.5 Å². The molecule has 0 atom stereocenters. The van der Waals surface area contributed by atoms with E-state index in [1.54, 1.807) is 6.07 Å². The summed E-state index contributed by atoms with van der Waals surface area (Å²) in [6.45, 7) is 0.596. The van der Waals surface area contributed by atoms with Crippen molar-refractivity contribution in [3.05, 3.63) is 34.6 Å². The van der Waals surface area contributed by atoms with Crippen molar-refractivity contribution in [3.63, 3.8) is 0 Å². The van der Waals surface area contributed by atoms with Gasteiger partial charge in [0.2, 0.25) is 0 Å². The maximum absolute atomic E-state index is 12.9. The summed E-state index contributed by atoms with van der Waals surface area (Å²) in [7, 11) is 0. The molecule has 1 aliphatic rings. The van der Waals surface area contributed by atoms with Crippen molar-refractivity contribution < 1.29 is 4.39 Å². The minimum Gasteiger partial charge on any atom is -0.330 e. The van der Waals surface area contributed by atoms with Crippen LogP contribution >= 0.6 is 11.6 Å². The Bertz CT molecular complexity index is 359. The molecule has 1 nitrogen and oxygen atoms in total. The second kappa shape index (κ2) is 4.11. The van der Waals surface area contributed by atoms with Gasteiger partial charge in [0.05, 0.1) is 0 Å². The Morgan fingerprint density at radius 2 is 2.00 bits per heavy atom. The molecule has 2 rings (SSSR count). The maximum atomic E-state index is 12.9. The van der Waals surface area contributed by atoms with E-state index in [1.165, 1.54) is 25.0 Å². The van der Waals surface area contributed by atoms with Crippen LogP contribution in [0.3, 0.4) is 0 Å². The first-order chi connectivity index (χ1) is 7.18. The molecule has 0 bridgehead atoms. The SMILES string of the molecule is NCC1(c2ccc(F)cc2Cl)CCCC1. The predicted molar refractivity (Wildman–Crippen MR) is 60.6 cm³/mol. The largest absolute Gasteiger partial charge is 0.330 e. The number of benzene rings is 1. The average Bonchev–Trinajstić information content (AvgIpc) is 2.67. The maximum Gasteiger partial charge on any atom is 0.124 e. The second-order valence-corrected chi connectivity index (χ2v) is 4.72. The molecular weight excluding hydrogens is 213 g/mol. The van der Waals surface area contributed by atoms with Gasteiger partial charge in [0, 0.05) is 17.0 Å². The second-order valence-electron chi connectivity index (χ2n) is 4.32. The highest BCUT2D eigenvalue weighted by Gasteiger charge is 2.35. The summed E-state index contributed by atoms with van der Waals surface area (Å²) in [6.07, 6.45) is 4.50. The average molecular weight is 228 g/mol. The molecule has 82 valence electrons. The molecular formula is C12H15ClFN. The van der Waals surface area contributed by atoms with Crippen molar-refractivity contribution in [1.82, 2.24) is 0 Å². The van der Waals surface area contributed by atoms with Gasteiger partial charge in [-0.05, 0) is 30.5 Å². The molecule has 15 heavy (non-hydrogen) atoms. The molecule has 1 aliphatic carbocycles. The summed E-state index contributed by atoms with van der Waals surface area (Å²) in [6, 6.07) is 4.64. The first kappa shape index (κ1) is 10.9. The van der Waals surface area contributed by atoms with E-state index in [4.69, 9.17) is 17.3 Å². The fraction of sp³-hybridized carbons (Fsp3) is 0.500. The van der Waals surface area contributed by atoms with Crippen LogP contribution in [-0.4, -0.2) is 6.54 Å². The van der Waals surface area contributed by atoms with Crippen molar-refractivity contribution >= 4 is 11.6 Å². The number of hydrogen-bond donors (Lipinski definition) is 1. The number of nitrogens with two attached hydrogens (primary N) is 1. The highest BCUT2D eigenvalue weighted by molar-refractivity contribution is 6.31. The van der Waals surface area contributed by atoms with E-state index in [9.17, 15) is 4.39 Å². The van der Waals surface area contributed by atoms with Crippen LogP contribution in [0.25, 0.3) is 0 Å². The van der Waals surface area contributed by atoms with Gasteiger partial charge in [-0.2, -0.15) is 0 Å². The summed E-state index contributed by atoms with van der Waals surface area (Å²) in [4.78, 5) is 0. The summed E-state index contributed by atoms with van der Waals surface area (Å²) < 4.78 is 12.9. The van der Waals surface area contributed by atoms with Crippen LogP contribution in [0.1, 0.15) is 31.2 Å². The van der Waals surface area contributed by atoms with Gasteiger partial charge in [0.25, 0.3) is 0 Å². The van der Waals surface area contributed by atoms with Crippen LogP contribution < -0.4 is 5.73 Å². The zero-order valence-electron chi connectivity index (χ0n) is 8.60. The monoisotopic (exact) mass is 227 g/mol. The van der Waals surface area contributed by atoms with Crippen LogP contribution in [0, 0.1) is 5.82 Å².